The van der Waals surface area contributed by atoms with Gasteiger partial charge in [-0.2, -0.15) is 0 Å². The van der Waals surface area contributed by atoms with Gasteiger partial charge in [0.25, 0.3) is 5.69 Å². The number of aromatic nitrogens is 3. The summed E-state index contributed by atoms with van der Waals surface area (Å²) in [5.74, 6) is 0.311. The average Bonchev–Trinajstić information content (AvgIpc) is 3.40. The van der Waals surface area contributed by atoms with Crippen LogP contribution in [-0.4, -0.2) is 28.1 Å². The van der Waals surface area contributed by atoms with Gasteiger partial charge >= 0.3 is 0 Å². The van der Waals surface area contributed by atoms with Crippen LogP contribution in [0, 0.1) is 22.9 Å². The molecule has 0 aliphatic heterocycles. The molecule has 4 aromatic carbocycles. The van der Waals surface area contributed by atoms with Gasteiger partial charge in [-0.15, -0.1) is 10.2 Å². The Bertz CT molecular complexity index is 1800. The molecule has 12 heteroatoms. The van der Waals surface area contributed by atoms with E-state index in [1.165, 1.54) is 36.0 Å². The third kappa shape index (κ3) is 6.90. The third-order valence-corrected chi connectivity index (χ3v) is 8.93. The molecule has 0 amide bonds. The van der Waals surface area contributed by atoms with E-state index in [9.17, 15) is 22.9 Å². The highest BCUT2D eigenvalue weighted by Gasteiger charge is 2.28. The zero-order chi connectivity index (χ0) is 29.7. The van der Waals surface area contributed by atoms with Crippen molar-refractivity contribution >= 4 is 27.5 Å². The largest absolute Gasteiger partial charge is 0.273 e. The van der Waals surface area contributed by atoms with Gasteiger partial charge in [0.1, 0.15) is 5.82 Å². The molecule has 0 bridgehead atoms. The van der Waals surface area contributed by atoms with Crippen molar-refractivity contribution in [2.75, 3.05) is 0 Å². The monoisotopic (exact) mass is 603 g/mol. The van der Waals surface area contributed by atoms with Crippen molar-refractivity contribution < 1.29 is 17.7 Å². The summed E-state index contributed by atoms with van der Waals surface area (Å²) in [5.41, 5.74) is 3.48. The van der Waals surface area contributed by atoms with E-state index < -0.39 is 26.8 Å². The quantitative estimate of drug-likeness (QED) is 0.109. The summed E-state index contributed by atoms with van der Waals surface area (Å²) in [6, 6.07) is 26.9. The number of benzene rings is 4. The maximum atomic E-state index is 13.5. The molecule has 9 nitrogen and oxygen atoms in total. The van der Waals surface area contributed by atoms with E-state index in [0.717, 1.165) is 28.8 Å². The second-order valence-electron chi connectivity index (χ2n) is 9.54. The van der Waals surface area contributed by atoms with Gasteiger partial charge in [0.15, 0.2) is 11.0 Å². The van der Waals surface area contributed by atoms with Crippen molar-refractivity contribution in [3.05, 3.63) is 142 Å². The van der Waals surface area contributed by atoms with Crippen LogP contribution in [0.15, 0.2) is 113 Å². The lowest BCUT2D eigenvalue weighted by Crippen LogP contribution is -2.32. The Labute approximate surface area is 246 Å². The van der Waals surface area contributed by atoms with Crippen molar-refractivity contribution in [1.29, 1.82) is 0 Å². The molecule has 0 aliphatic rings. The first kappa shape index (κ1) is 29.1. The van der Waals surface area contributed by atoms with Crippen molar-refractivity contribution in [3.8, 4) is 5.69 Å². The van der Waals surface area contributed by atoms with Crippen molar-refractivity contribution in [1.82, 2.24) is 19.5 Å². The molecular formula is C30H26FN5O4S2. The van der Waals surface area contributed by atoms with Gasteiger partial charge < -0.3 is 0 Å². The van der Waals surface area contributed by atoms with Gasteiger partial charge in [-0.05, 0) is 60.9 Å². The van der Waals surface area contributed by atoms with Crippen molar-refractivity contribution in [2.24, 2.45) is 0 Å². The molecule has 1 atom stereocenters. The highest BCUT2D eigenvalue weighted by Crippen LogP contribution is 2.31. The molecule has 0 spiro atoms. The first-order chi connectivity index (χ1) is 20.2. The summed E-state index contributed by atoms with van der Waals surface area (Å²) in [6.07, 6.45) is 0.231. The number of non-ortho nitro benzene ring substituents is 1. The third-order valence-electron chi connectivity index (χ3n) is 6.44. The fourth-order valence-corrected chi connectivity index (χ4v) is 6.52. The Morgan fingerprint density at radius 2 is 1.62 bits per heavy atom. The molecule has 1 heterocycles. The van der Waals surface area contributed by atoms with Crippen molar-refractivity contribution in [2.45, 2.75) is 35.2 Å². The highest BCUT2D eigenvalue weighted by atomic mass is 32.2. The molecule has 1 unspecified atom stereocenters. The summed E-state index contributed by atoms with van der Waals surface area (Å²) in [7, 11) is -4.11. The molecule has 0 fully saturated rings. The highest BCUT2D eigenvalue weighted by molar-refractivity contribution is 7.98. The smallest absolute Gasteiger partial charge is 0.269 e. The Morgan fingerprint density at radius 3 is 2.29 bits per heavy atom. The summed E-state index contributed by atoms with van der Waals surface area (Å²) in [4.78, 5) is 10.7. The number of nitro benzene ring substituents is 1. The number of thioether (sulfide) groups is 1. The SMILES string of the molecule is Cc1cccc(CSc2nnc(C(Cc3ccccc3)NS(=O)(=O)c3ccc(F)cc3)n2-c2ccc([N+](=O)[O-])cc2)c1. The van der Waals surface area contributed by atoms with Crippen LogP contribution in [0.2, 0.25) is 0 Å². The number of halogens is 1. The molecule has 5 rings (SSSR count). The summed E-state index contributed by atoms with van der Waals surface area (Å²) < 4.78 is 44.9. The predicted octanol–water partition coefficient (Wildman–Crippen LogP) is 6.18. The van der Waals surface area contributed by atoms with Crippen LogP contribution in [0.4, 0.5) is 10.1 Å². The van der Waals surface area contributed by atoms with E-state index >= 15 is 0 Å². The topological polar surface area (TPSA) is 120 Å². The number of hydrogen-bond acceptors (Lipinski definition) is 7. The molecule has 5 aromatic rings. The predicted molar refractivity (Wildman–Crippen MR) is 158 cm³/mol. The van der Waals surface area contributed by atoms with Crippen LogP contribution >= 0.6 is 11.8 Å². The summed E-state index contributed by atoms with van der Waals surface area (Å²) in [6.45, 7) is 2.01. The first-order valence-electron chi connectivity index (χ1n) is 12.9. The van der Waals surface area contributed by atoms with Crippen LogP contribution < -0.4 is 4.72 Å². The number of hydrogen-bond donors (Lipinski definition) is 1. The fraction of sp³-hybridized carbons (Fsp3) is 0.133. The van der Waals surface area contributed by atoms with E-state index in [2.05, 4.69) is 21.0 Å². The molecule has 214 valence electrons. The Kier molecular flexibility index (Phi) is 8.76. The molecule has 1 N–H and O–H groups in total. The zero-order valence-electron chi connectivity index (χ0n) is 22.4. The summed E-state index contributed by atoms with van der Waals surface area (Å²) >= 11 is 1.41. The zero-order valence-corrected chi connectivity index (χ0v) is 24.1. The fourth-order valence-electron chi connectivity index (χ4n) is 4.42. The van der Waals surface area contributed by atoms with Gasteiger partial charge in [-0.25, -0.2) is 17.5 Å². The van der Waals surface area contributed by atoms with E-state index in [1.54, 1.807) is 16.7 Å². The van der Waals surface area contributed by atoms with Crippen LogP contribution in [-0.2, 0) is 22.2 Å². The number of nitrogens with zero attached hydrogens (tertiary/aromatic N) is 4. The number of nitro groups is 1. The normalized spacial score (nSPS) is 12.2. The lowest BCUT2D eigenvalue weighted by Gasteiger charge is -2.20. The van der Waals surface area contributed by atoms with E-state index in [0.29, 0.717) is 22.4 Å². The average molecular weight is 604 g/mol. The van der Waals surface area contributed by atoms with E-state index in [1.807, 2.05) is 55.5 Å². The minimum Gasteiger partial charge on any atom is -0.273 e. The Morgan fingerprint density at radius 1 is 0.929 bits per heavy atom. The van der Waals surface area contributed by atoms with E-state index in [-0.39, 0.29) is 17.0 Å². The van der Waals surface area contributed by atoms with Crippen LogP contribution in [0.3, 0.4) is 0 Å². The molecule has 0 aliphatic carbocycles. The van der Waals surface area contributed by atoms with Crippen LogP contribution in [0.5, 0.6) is 0 Å². The number of aryl methyl sites for hydroxylation is 1. The second kappa shape index (κ2) is 12.6. The lowest BCUT2D eigenvalue weighted by atomic mass is 10.1. The van der Waals surface area contributed by atoms with Gasteiger partial charge in [-0.1, -0.05) is 71.9 Å². The second-order valence-corrected chi connectivity index (χ2v) is 12.2. The number of sulfonamides is 1. The van der Waals surface area contributed by atoms with Gasteiger partial charge in [-0.3, -0.25) is 14.7 Å². The Balaban J connectivity index is 1.59. The first-order valence-corrected chi connectivity index (χ1v) is 15.4. The number of rotatable bonds is 11. The molecular weight excluding hydrogens is 577 g/mol. The van der Waals surface area contributed by atoms with Crippen LogP contribution in [0.25, 0.3) is 5.69 Å². The van der Waals surface area contributed by atoms with Gasteiger partial charge in [0.2, 0.25) is 10.0 Å². The Hall–Kier alpha value is -4.39. The number of nitrogens with one attached hydrogen (secondary N) is 1. The summed E-state index contributed by atoms with van der Waals surface area (Å²) in [5, 5.41) is 20.7. The van der Waals surface area contributed by atoms with Gasteiger partial charge in [0.05, 0.1) is 15.9 Å². The maximum absolute atomic E-state index is 13.5. The molecule has 1 aromatic heterocycles. The van der Waals surface area contributed by atoms with Gasteiger partial charge in [0, 0.05) is 23.6 Å². The molecule has 0 saturated heterocycles. The molecule has 0 radical (unpaired) electrons. The standard InChI is InChI=1S/C30H26FN5O4S2/c1-21-6-5-9-23(18-21)20-41-30-33-32-29(35(30)25-12-14-26(15-13-25)36(37)38)28(19-22-7-3-2-4-8-22)34-42(39,40)27-16-10-24(31)11-17-27/h2-18,28,34H,19-20H2,1H3. The lowest BCUT2D eigenvalue weighted by molar-refractivity contribution is -0.384. The molecule has 42 heavy (non-hydrogen) atoms. The van der Waals surface area contributed by atoms with E-state index in [4.69, 9.17) is 0 Å². The molecule has 0 saturated carbocycles. The maximum Gasteiger partial charge on any atom is 0.269 e. The van der Waals surface area contributed by atoms with Crippen LogP contribution in [0.1, 0.15) is 28.6 Å². The van der Waals surface area contributed by atoms with Crippen molar-refractivity contribution in [3.63, 3.8) is 0 Å². The minimum atomic E-state index is -4.11. The minimum absolute atomic E-state index is 0.0832.